The molecule has 1 amide bonds. The third kappa shape index (κ3) is 3.16. The highest BCUT2D eigenvalue weighted by atomic mass is 16.6. The first kappa shape index (κ1) is 18.6. The first-order valence-corrected chi connectivity index (χ1v) is 9.50. The van der Waals surface area contributed by atoms with Gasteiger partial charge in [0.2, 0.25) is 5.91 Å². The fourth-order valence-corrected chi connectivity index (χ4v) is 5.36. The molecule has 1 saturated heterocycles. The molecule has 0 N–H and O–H groups in total. The normalized spacial score (nSPS) is 25.8. The van der Waals surface area contributed by atoms with E-state index in [0.717, 1.165) is 19.3 Å². The van der Waals surface area contributed by atoms with Gasteiger partial charge in [0.1, 0.15) is 6.54 Å². The van der Waals surface area contributed by atoms with E-state index in [1.54, 1.807) is 0 Å². The molecule has 2 atom stereocenters. The van der Waals surface area contributed by atoms with E-state index in [9.17, 15) is 19.7 Å². The van der Waals surface area contributed by atoms with Crippen molar-refractivity contribution >= 4 is 22.5 Å². The zero-order chi connectivity index (χ0) is 20.3. The summed E-state index contributed by atoms with van der Waals surface area (Å²) in [6.45, 7) is 7.34. The standard InChI is InChI=1S/C20H24N4O4/c1-19(2)7-14-8-20(3,10-19)11-23(14)17(25)9-22-12-21-16-5-4-13(24(27)28)6-15(16)18(22)26/h4-6,12,14H,7-11H2,1-3H3/t14-,20+/m1/s1. The van der Waals surface area contributed by atoms with Crippen molar-refractivity contribution in [3.63, 3.8) is 0 Å². The number of likely N-dealkylation sites (tertiary alicyclic amines) is 1. The van der Waals surface area contributed by atoms with Crippen LogP contribution in [0.25, 0.3) is 10.9 Å². The van der Waals surface area contributed by atoms with Crippen LogP contribution >= 0.6 is 0 Å². The Hall–Kier alpha value is -2.77. The summed E-state index contributed by atoms with van der Waals surface area (Å²) in [6.07, 6.45) is 4.40. The number of non-ortho nitro benzene ring substituents is 1. The number of benzene rings is 1. The molecule has 8 heteroatoms. The molecule has 28 heavy (non-hydrogen) atoms. The molecule has 2 fully saturated rings. The van der Waals surface area contributed by atoms with Gasteiger partial charge in [0.15, 0.2) is 0 Å². The van der Waals surface area contributed by atoms with E-state index in [-0.39, 0.29) is 40.4 Å². The number of nitrogens with zero attached hydrogens (tertiary/aromatic N) is 4. The molecule has 0 spiro atoms. The van der Waals surface area contributed by atoms with E-state index >= 15 is 0 Å². The van der Waals surface area contributed by atoms with Crippen LogP contribution in [0.3, 0.4) is 0 Å². The molecule has 1 aliphatic carbocycles. The molecule has 1 saturated carbocycles. The van der Waals surface area contributed by atoms with Crippen molar-refractivity contribution in [3.05, 3.63) is 45.0 Å². The van der Waals surface area contributed by atoms with E-state index < -0.39 is 10.5 Å². The Bertz CT molecular complexity index is 1040. The summed E-state index contributed by atoms with van der Waals surface area (Å²) < 4.78 is 1.25. The molecule has 2 heterocycles. The first-order chi connectivity index (χ1) is 13.1. The quantitative estimate of drug-likeness (QED) is 0.598. The molecule has 1 aromatic carbocycles. The smallest absolute Gasteiger partial charge is 0.270 e. The average molecular weight is 384 g/mol. The maximum atomic E-state index is 13.0. The van der Waals surface area contributed by atoms with Crippen LogP contribution in [0.4, 0.5) is 5.69 Å². The molecule has 1 aromatic heterocycles. The van der Waals surface area contributed by atoms with Gasteiger partial charge in [-0.25, -0.2) is 4.98 Å². The van der Waals surface area contributed by atoms with E-state index in [4.69, 9.17) is 0 Å². The highest BCUT2D eigenvalue weighted by Crippen LogP contribution is 2.52. The molecular formula is C20H24N4O4. The van der Waals surface area contributed by atoms with Crippen molar-refractivity contribution in [2.24, 2.45) is 10.8 Å². The molecule has 0 unspecified atom stereocenters. The highest BCUT2D eigenvalue weighted by Gasteiger charge is 2.50. The highest BCUT2D eigenvalue weighted by molar-refractivity contribution is 5.81. The molecule has 2 aliphatic rings. The second-order valence-electron chi connectivity index (χ2n) is 9.37. The Morgan fingerprint density at radius 1 is 1.32 bits per heavy atom. The number of aromatic nitrogens is 2. The van der Waals surface area contributed by atoms with E-state index in [1.165, 1.54) is 29.1 Å². The molecular weight excluding hydrogens is 360 g/mol. The van der Waals surface area contributed by atoms with Crippen LogP contribution in [-0.2, 0) is 11.3 Å². The summed E-state index contributed by atoms with van der Waals surface area (Å²) >= 11 is 0. The van der Waals surface area contributed by atoms with Crippen molar-refractivity contribution in [3.8, 4) is 0 Å². The number of nitro benzene ring substituents is 1. The predicted octanol–water partition coefficient (Wildman–Crippen LogP) is 2.73. The minimum Gasteiger partial charge on any atom is -0.338 e. The van der Waals surface area contributed by atoms with Crippen LogP contribution in [0.1, 0.15) is 40.0 Å². The maximum Gasteiger partial charge on any atom is 0.270 e. The lowest BCUT2D eigenvalue weighted by molar-refractivity contribution is -0.384. The number of fused-ring (bicyclic) bond motifs is 3. The summed E-state index contributed by atoms with van der Waals surface area (Å²) in [5.74, 6) is -0.0971. The monoisotopic (exact) mass is 384 g/mol. The number of rotatable bonds is 3. The molecule has 0 radical (unpaired) electrons. The summed E-state index contributed by atoms with van der Waals surface area (Å²) in [5, 5.41) is 11.1. The van der Waals surface area contributed by atoms with Gasteiger partial charge in [0, 0.05) is 24.7 Å². The van der Waals surface area contributed by atoms with Gasteiger partial charge in [0.25, 0.3) is 11.2 Å². The summed E-state index contributed by atoms with van der Waals surface area (Å²) in [7, 11) is 0. The molecule has 8 nitrogen and oxygen atoms in total. The third-order valence-electron chi connectivity index (χ3n) is 6.06. The van der Waals surface area contributed by atoms with Gasteiger partial charge in [-0.3, -0.25) is 24.3 Å². The van der Waals surface area contributed by atoms with Crippen LogP contribution in [0, 0.1) is 20.9 Å². The Morgan fingerprint density at radius 3 is 2.79 bits per heavy atom. The minimum atomic E-state index is -0.547. The SMILES string of the molecule is CC1(C)C[C@@H]2C[C@](C)(CN2C(=O)Cn2cnc3ccc([N+](=O)[O-])cc3c2=O)C1. The van der Waals surface area contributed by atoms with Gasteiger partial charge in [-0.15, -0.1) is 0 Å². The zero-order valence-electron chi connectivity index (χ0n) is 16.3. The fourth-order valence-electron chi connectivity index (χ4n) is 5.36. The number of carbonyl (C=O) groups is 1. The summed E-state index contributed by atoms with van der Waals surface area (Å²) in [6, 6.07) is 4.19. The lowest BCUT2D eigenvalue weighted by Crippen LogP contribution is -2.40. The van der Waals surface area contributed by atoms with Crippen LogP contribution in [0.5, 0.6) is 0 Å². The lowest BCUT2D eigenvalue weighted by Gasteiger charge is -2.39. The van der Waals surface area contributed by atoms with Gasteiger partial charge in [0.05, 0.1) is 22.2 Å². The van der Waals surface area contributed by atoms with Crippen molar-refractivity contribution in [2.45, 2.75) is 52.6 Å². The van der Waals surface area contributed by atoms with E-state index in [1.807, 2.05) is 4.90 Å². The summed E-state index contributed by atoms with van der Waals surface area (Å²) in [5.41, 5.74) is 0.0998. The second kappa shape index (κ2) is 6.12. The van der Waals surface area contributed by atoms with Crippen molar-refractivity contribution in [1.82, 2.24) is 14.5 Å². The summed E-state index contributed by atoms with van der Waals surface area (Å²) in [4.78, 5) is 42.3. The van der Waals surface area contributed by atoms with Gasteiger partial charge >= 0.3 is 0 Å². The van der Waals surface area contributed by atoms with Crippen molar-refractivity contribution < 1.29 is 9.72 Å². The van der Waals surface area contributed by atoms with Crippen LogP contribution in [-0.4, -0.2) is 37.9 Å². The van der Waals surface area contributed by atoms with E-state index in [2.05, 4.69) is 25.8 Å². The molecule has 2 aromatic rings. The van der Waals surface area contributed by atoms with Crippen LogP contribution < -0.4 is 5.56 Å². The lowest BCUT2D eigenvalue weighted by atomic mass is 9.65. The number of hydrogen-bond donors (Lipinski definition) is 0. The number of hydrogen-bond acceptors (Lipinski definition) is 5. The second-order valence-corrected chi connectivity index (χ2v) is 9.37. The topological polar surface area (TPSA) is 98.3 Å². The predicted molar refractivity (Wildman–Crippen MR) is 104 cm³/mol. The Labute approximate surface area is 162 Å². The Morgan fingerprint density at radius 2 is 2.07 bits per heavy atom. The van der Waals surface area contributed by atoms with Gasteiger partial charge in [-0.2, -0.15) is 0 Å². The molecule has 2 bridgehead atoms. The molecule has 1 aliphatic heterocycles. The zero-order valence-corrected chi connectivity index (χ0v) is 16.3. The van der Waals surface area contributed by atoms with Crippen LogP contribution in [0.2, 0.25) is 0 Å². The minimum absolute atomic E-state index is 0.0971. The largest absolute Gasteiger partial charge is 0.338 e. The Kier molecular flexibility index (Phi) is 4.06. The molecule has 148 valence electrons. The average Bonchev–Trinajstić information content (AvgIpc) is 2.86. The van der Waals surface area contributed by atoms with Gasteiger partial charge in [-0.1, -0.05) is 20.8 Å². The van der Waals surface area contributed by atoms with Crippen molar-refractivity contribution in [1.29, 1.82) is 0 Å². The number of amides is 1. The van der Waals surface area contributed by atoms with Crippen LogP contribution in [0.15, 0.2) is 29.3 Å². The van der Waals surface area contributed by atoms with Gasteiger partial charge in [-0.05, 0) is 36.2 Å². The number of carbonyl (C=O) groups excluding carboxylic acids is 1. The number of nitro groups is 1. The fraction of sp³-hybridized carbons (Fsp3) is 0.550. The Balaban J connectivity index is 1.62. The molecule has 4 rings (SSSR count). The third-order valence-corrected chi connectivity index (χ3v) is 6.06. The first-order valence-electron chi connectivity index (χ1n) is 9.50. The van der Waals surface area contributed by atoms with E-state index in [0.29, 0.717) is 12.1 Å². The van der Waals surface area contributed by atoms with Gasteiger partial charge < -0.3 is 4.90 Å². The van der Waals surface area contributed by atoms with Crippen molar-refractivity contribution in [2.75, 3.05) is 6.54 Å². The maximum absolute atomic E-state index is 13.0.